The summed E-state index contributed by atoms with van der Waals surface area (Å²) in [4.78, 5) is 18.6. The number of carbonyl (C=O) groups is 1. The van der Waals surface area contributed by atoms with E-state index < -0.39 is 0 Å². The number of anilines is 1. The molecule has 32 heavy (non-hydrogen) atoms. The fourth-order valence-electron chi connectivity index (χ4n) is 3.55. The van der Waals surface area contributed by atoms with E-state index in [0.29, 0.717) is 6.54 Å². The van der Waals surface area contributed by atoms with Crippen LogP contribution in [0.3, 0.4) is 0 Å². The van der Waals surface area contributed by atoms with Crippen LogP contribution in [0.4, 0.5) is 5.69 Å². The molecule has 3 rings (SSSR count). The highest BCUT2D eigenvalue weighted by molar-refractivity contribution is 14.0. The van der Waals surface area contributed by atoms with E-state index in [-0.39, 0.29) is 35.8 Å². The van der Waals surface area contributed by atoms with Gasteiger partial charge >= 0.3 is 0 Å². The Morgan fingerprint density at radius 1 is 0.906 bits per heavy atom. The molecule has 1 aliphatic rings. The topological polar surface area (TPSA) is 68.8 Å². The first-order chi connectivity index (χ1) is 15.0. The molecule has 0 aromatic heterocycles. The Morgan fingerprint density at radius 2 is 1.41 bits per heavy atom. The molecule has 174 valence electrons. The first kappa shape index (κ1) is 26.1. The molecule has 2 aromatic carbocycles. The number of aliphatic imine (C=N–C) groups is 1. The number of guanidine groups is 1. The molecule has 3 N–H and O–H groups in total. The Bertz CT molecular complexity index is 859. The minimum absolute atomic E-state index is 0. The Labute approximate surface area is 209 Å². The first-order valence-electron chi connectivity index (χ1n) is 11.2. The van der Waals surface area contributed by atoms with Crippen LogP contribution in [-0.2, 0) is 24.4 Å². The molecule has 1 aliphatic heterocycles. The monoisotopic (exact) mass is 549 g/mol. The highest BCUT2D eigenvalue weighted by Crippen LogP contribution is 2.13. The maximum atomic E-state index is 11.8. The summed E-state index contributed by atoms with van der Waals surface area (Å²) < 4.78 is 0. The molecule has 0 radical (unpaired) electrons. The number of rotatable bonds is 8. The van der Waals surface area contributed by atoms with Crippen LogP contribution in [0, 0.1) is 5.92 Å². The van der Waals surface area contributed by atoms with E-state index in [2.05, 4.69) is 50.1 Å². The van der Waals surface area contributed by atoms with Gasteiger partial charge in [0.25, 0.3) is 0 Å². The van der Waals surface area contributed by atoms with Gasteiger partial charge in [0.1, 0.15) is 0 Å². The average molecular weight is 550 g/mol. The fourth-order valence-corrected chi connectivity index (χ4v) is 3.55. The minimum Gasteiger partial charge on any atom is -0.352 e. The molecule has 1 amide bonds. The minimum atomic E-state index is -0.0305. The summed E-state index contributed by atoms with van der Waals surface area (Å²) in [6.45, 7) is 8.65. The number of hydrogen-bond acceptors (Lipinski definition) is 3. The van der Waals surface area contributed by atoms with E-state index >= 15 is 0 Å². The van der Waals surface area contributed by atoms with Crippen LogP contribution in [-0.4, -0.2) is 36.9 Å². The molecule has 1 fully saturated rings. The Morgan fingerprint density at radius 3 is 1.91 bits per heavy atom. The predicted octanol–water partition coefficient (Wildman–Crippen LogP) is 4.36. The third-order valence-electron chi connectivity index (χ3n) is 5.52. The van der Waals surface area contributed by atoms with Crippen molar-refractivity contribution >= 4 is 41.5 Å². The summed E-state index contributed by atoms with van der Waals surface area (Å²) in [6.07, 6.45) is 2.65. The number of halogens is 1. The second-order valence-corrected chi connectivity index (χ2v) is 8.42. The van der Waals surface area contributed by atoms with Gasteiger partial charge < -0.3 is 16.0 Å². The van der Waals surface area contributed by atoms with Gasteiger partial charge in [0.15, 0.2) is 5.96 Å². The molecule has 0 saturated carbocycles. The lowest BCUT2D eigenvalue weighted by molar-refractivity contribution is -0.118. The van der Waals surface area contributed by atoms with Gasteiger partial charge in [0.05, 0.1) is 0 Å². The van der Waals surface area contributed by atoms with Crippen LogP contribution < -0.4 is 16.0 Å². The quantitative estimate of drug-likeness (QED) is 0.260. The summed E-state index contributed by atoms with van der Waals surface area (Å²) in [7, 11) is 1.78. The maximum Gasteiger partial charge on any atom is 0.226 e. The SMILES string of the molecule is CN=C(NCc1ccc(CN2CCCC2)cc1)NCc1ccc(NC(=O)C(C)C)cc1.I. The molecular formula is C25H36IN5O. The molecule has 0 atom stereocenters. The normalized spacial score (nSPS) is 14.2. The van der Waals surface area contributed by atoms with Crippen LogP contribution in [0.15, 0.2) is 53.5 Å². The molecule has 2 aromatic rings. The maximum absolute atomic E-state index is 11.8. The van der Waals surface area contributed by atoms with Crippen molar-refractivity contribution in [2.75, 3.05) is 25.5 Å². The molecule has 6 nitrogen and oxygen atoms in total. The van der Waals surface area contributed by atoms with Crippen molar-refractivity contribution in [2.45, 2.75) is 46.3 Å². The zero-order valence-electron chi connectivity index (χ0n) is 19.4. The van der Waals surface area contributed by atoms with Crippen molar-refractivity contribution < 1.29 is 4.79 Å². The highest BCUT2D eigenvalue weighted by Gasteiger charge is 2.11. The van der Waals surface area contributed by atoms with Crippen molar-refractivity contribution in [3.8, 4) is 0 Å². The third-order valence-corrected chi connectivity index (χ3v) is 5.52. The lowest BCUT2D eigenvalue weighted by Crippen LogP contribution is -2.36. The number of nitrogens with zero attached hydrogens (tertiary/aromatic N) is 2. The fraction of sp³-hybridized carbons (Fsp3) is 0.440. The Hall–Kier alpha value is -2.13. The molecule has 0 aliphatic carbocycles. The highest BCUT2D eigenvalue weighted by atomic mass is 127. The van der Waals surface area contributed by atoms with Crippen molar-refractivity contribution in [3.05, 3.63) is 65.2 Å². The lowest BCUT2D eigenvalue weighted by atomic mass is 10.1. The third kappa shape index (κ3) is 8.43. The van der Waals surface area contributed by atoms with Crippen LogP contribution in [0.25, 0.3) is 0 Å². The molecule has 0 bridgehead atoms. The number of likely N-dealkylation sites (tertiary alicyclic amines) is 1. The number of hydrogen-bond donors (Lipinski definition) is 3. The van der Waals surface area contributed by atoms with Gasteiger partial charge in [-0.15, -0.1) is 24.0 Å². The molecule has 7 heteroatoms. The molecular weight excluding hydrogens is 513 g/mol. The van der Waals surface area contributed by atoms with Gasteiger partial charge in [0, 0.05) is 38.3 Å². The largest absolute Gasteiger partial charge is 0.352 e. The zero-order chi connectivity index (χ0) is 22.1. The summed E-state index contributed by atoms with van der Waals surface area (Å²) in [6, 6.07) is 16.7. The molecule has 1 heterocycles. The van der Waals surface area contributed by atoms with E-state index in [1.54, 1.807) is 7.05 Å². The second kappa shape index (κ2) is 13.4. The van der Waals surface area contributed by atoms with Crippen molar-refractivity contribution in [1.29, 1.82) is 0 Å². The Kier molecular flexibility index (Phi) is 11.0. The smallest absolute Gasteiger partial charge is 0.226 e. The summed E-state index contributed by atoms with van der Waals surface area (Å²) in [5, 5.41) is 9.62. The predicted molar refractivity (Wildman–Crippen MR) is 143 cm³/mol. The van der Waals surface area contributed by atoms with Gasteiger partial charge in [-0.25, -0.2) is 0 Å². The van der Waals surface area contributed by atoms with Gasteiger partial charge in [0.2, 0.25) is 5.91 Å². The number of nitrogens with one attached hydrogen (secondary N) is 3. The van der Waals surface area contributed by atoms with Crippen LogP contribution in [0.1, 0.15) is 43.4 Å². The van der Waals surface area contributed by atoms with E-state index in [0.717, 1.165) is 30.3 Å². The van der Waals surface area contributed by atoms with Gasteiger partial charge in [-0.1, -0.05) is 50.2 Å². The molecule has 0 spiro atoms. The van der Waals surface area contributed by atoms with Gasteiger partial charge in [-0.05, 0) is 54.8 Å². The van der Waals surface area contributed by atoms with Gasteiger partial charge in [-0.3, -0.25) is 14.7 Å². The summed E-state index contributed by atoms with van der Waals surface area (Å²) in [5.74, 6) is 0.759. The standard InChI is InChI=1S/C25H35N5O.HI/c1-19(2)24(31)29-23-12-10-21(11-13-23)17-28-25(26-3)27-16-20-6-8-22(9-7-20)18-30-14-4-5-15-30;/h6-13,19H,4-5,14-18H2,1-3H3,(H,29,31)(H2,26,27,28);1H. The van der Waals surface area contributed by atoms with Crippen LogP contribution in [0.5, 0.6) is 0 Å². The van der Waals surface area contributed by atoms with Crippen molar-refractivity contribution in [3.63, 3.8) is 0 Å². The number of amides is 1. The lowest BCUT2D eigenvalue weighted by Gasteiger charge is -2.15. The van der Waals surface area contributed by atoms with Gasteiger partial charge in [-0.2, -0.15) is 0 Å². The van der Waals surface area contributed by atoms with Crippen LogP contribution >= 0.6 is 24.0 Å². The van der Waals surface area contributed by atoms with E-state index in [9.17, 15) is 4.79 Å². The molecule has 1 saturated heterocycles. The first-order valence-corrected chi connectivity index (χ1v) is 11.2. The van der Waals surface area contributed by atoms with E-state index in [4.69, 9.17) is 0 Å². The summed E-state index contributed by atoms with van der Waals surface area (Å²) in [5.41, 5.74) is 4.55. The van der Waals surface area contributed by atoms with Crippen molar-refractivity contribution in [2.24, 2.45) is 10.9 Å². The van der Waals surface area contributed by atoms with E-state index in [1.165, 1.54) is 37.1 Å². The number of carbonyl (C=O) groups excluding carboxylic acids is 1. The Balaban J connectivity index is 0.00000363. The van der Waals surface area contributed by atoms with Crippen LogP contribution in [0.2, 0.25) is 0 Å². The van der Waals surface area contributed by atoms with E-state index in [1.807, 2.05) is 38.1 Å². The zero-order valence-corrected chi connectivity index (χ0v) is 21.7. The average Bonchev–Trinajstić information content (AvgIpc) is 3.29. The summed E-state index contributed by atoms with van der Waals surface area (Å²) >= 11 is 0. The second-order valence-electron chi connectivity index (χ2n) is 8.42. The van der Waals surface area contributed by atoms with Crippen molar-refractivity contribution in [1.82, 2.24) is 15.5 Å². The number of benzene rings is 2. The molecule has 0 unspecified atom stereocenters.